The average Bonchev–Trinajstić information content (AvgIpc) is 3.28. The van der Waals surface area contributed by atoms with Crippen molar-refractivity contribution in [3.8, 4) is 5.75 Å². The summed E-state index contributed by atoms with van der Waals surface area (Å²) in [5, 5.41) is 4.96. The second-order valence-corrected chi connectivity index (χ2v) is 8.33. The van der Waals surface area contributed by atoms with E-state index in [2.05, 4.69) is 33.9 Å². The van der Waals surface area contributed by atoms with Crippen LogP contribution in [0.3, 0.4) is 0 Å². The molecule has 30 heavy (non-hydrogen) atoms. The smallest absolute Gasteiger partial charge is 0.270 e. The first kappa shape index (κ1) is 20.4. The Hall–Kier alpha value is -2.87. The molecule has 0 spiro atoms. The van der Waals surface area contributed by atoms with E-state index in [1.165, 1.54) is 0 Å². The zero-order valence-electron chi connectivity index (χ0n) is 18.0. The molecule has 1 aliphatic rings. The van der Waals surface area contributed by atoms with Crippen LogP contribution >= 0.6 is 0 Å². The van der Waals surface area contributed by atoms with E-state index >= 15 is 0 Å². The lowest BCUT2D eigenvalue weighted by Crippen LogP contribution is -2.39. The van der Waals surface area contributed by atoms with Crippen LogP contribution < -0.4 is 4.74 Å². The quantitative estimate of drug-likeness (QED) is 0.692. The number of aromatic amines is 1. The lowest BCUT2D eigenvalue weighted by molar-refractivity contribution is 0.0704. The number of amides is 1. The number of ether oxygens (including phenoxy) is 1. The van der Waals surface area contributed by atoms with Gasteiger partial charge in [0.05, 0.1) is 7.11 Å². The van der Waals surface area contributed by atoms with E-state index in [4.69, 9.17) is 9.26 Å². The highest BCUT2D eigenvalue weighted by molar-refractivity contribution is 5.98. The summed E-state index contributed by atoms with van der Waals surface area (Å²) in [5.74, 6) is 2.44. The zero-order chi connectivity index (χ0) is 21.3. The number of aromatic nitrogens is 3. The Labute approximate surface area is 176 Å². The molecule has 1 aliphatic heterocycles. The predicted molar refractivity (Wildman–Crippen MR) is 114 cm³/mol. The Kier molecular flexibility index (Phi) is 5.76. The molecule has 1 amide bonds. The molecule has 3 aromatic rings. The van der Waals surface area contributed by atoms with E-state index in [1.807, 2.05) is 36.1 Å². The third kappa shape index (κ3) is 4.18. The Balaban J connectivity index is 1.61. The second kappa shape index (κ2) is 8.47. The number of hydrogen-bond acceptors (Lipinski definition) is 6. The molecule has 0 bridgehead atoms. The van der Waals surface area contributed by atoms with E-state index in [1.54, 1.807) is 7.11 Å². The lowest BCUT2D eigenvalue weighted by atomic mass is 10.1. The molecule has 4 rings (SSSR count). The fraction of sp³-hybridized carbons (Fsp3) is 0.500. The topological polar surface area (TPSA) is 87.5 Å². The van der Waals surface area contributed by atoms with Gasteiger partial charge in [0.25, 0.3) is 5.91 Å². The van der Waals surface area contributed by atoms with Crippen LogP contribution in [0.4, 0.5) is 0 Å². The first-order valence-electron chi connectivity index (χ1n) is 10.4. The van der Waals surface area contributed by atoms with Crippen molar-refractivity contribution in [2.24, 2.45) is 5.92 Å². The van der Waals surface area contributed by atoms with Gasteiger partial charge in [-0.1, -0.05) is 19.0 Å². The van der Waals surface area contributed by atoms with Gasteiger partial charge in [0, 0.05) is 43.1 Å². The van der Waals surface area contributed by atoms with E-state index in [0.29, 0.717) is 36.4 Å². The van der Waals surface area contributed by atoms with Gasteiger partial charge in [-0.15, -0.1) is 0 Å². The molecule has 1 unspecified atom stereocenters. The van der Waals surface area contributed by atoms with Crippen molar-refractivity contribution in [1.29, 1.82) is 0 Å². The molecule has 8 nitrogen and oxygen atoms in total. The van der Waals surface area contributed by atoms with Gasteiger partial charge < -0.3 is 19.1 Å². The normalized spacial score (nSPS) is 18.2. The SMILES string of the molecule is COc1ccc2cc(C(=O)N3CCCN(CC(C)C)C(c4nc(C)no4)C3)[nH]c2c1. The summed E-state index contributed by atoms with van der Waals surface area (Å²) in [6, 6.07) is 7.55. The third-order valence-electron chi connectivity index (χ3n) is 5.48. The number of carbonyl (C=O) groups excluding carboxylic acids is 1. The van der Waals surface area contributed by atoms with Crippen molar-refractivity contribution >= 4 is 16.8 Å². The van der Waals surface area contributed by atoms with Gasteiger partial charge in [-0.25, -0.2) is 0 Å². The van der Waals surface area contributed by atoms with Crippen LogP contribution in [0.2, 0.25) is 0 Å². The molecule has 1 saturated heterocycles. The maximum Gasteiger partial charge on any atom is 0.270 e. The summed E-state index contributed by atoms with van der Waals surface area (Å²) >= 11 is 0. The Morgan fingerprint density at radius 2 is 2.17 bits per heavy atom. The highest BCUT2D eigenvalue weighted by atomic mass is 16.5. The van der Waals surface area contributed by atoms with Crippen LogP contribution in [-0.4, -0.2) is 64.1 Å². The zero-order valence-corrected chi connectivity index (χ0v) is 18.0. The third-order valence-corrected chi connectivity index (χ3v) is 5.48. The molecule has 1 aromatic carbocycles. The van der Waals surface area contributed by atoms with Crippen LogP contribution in [0.15, 0.2) is 28.8 Å². The highest BCUT2D eigenvalue weighted by Crippen LogP contribution is 2.27. The van der Waals surface area contributed by atoms with Gasteiger partial charge in [0.15, 0.2) is 5.82 Å². The molecule has 0 aliphatic carbocycles. The van der Waals surface area contributed by atoms with Gasteiger partial charge in [0.1, 0.15) is 17.5 Å². The predicted octanol–water partition coefficient (Wildman–Crippen LogP) is 3.41. The Morgan fingerprint density at radius 1 is 1.33 bits per heavy atom. The molecule has 0 saturated carbocycles. The van der Waals surface area contributed by atoms with E-state index in [9.17, 15) is 4.79 Å². The number of methoxy groups -OCH3 is 1. The number of nitrogens with one attached hydrogen (secondary N) is 1. The summed E-state index contributed by atoms with van der Waals surface area (Å²) in [6.45, 7) is 9.23. The molecule has 160 valence electrons. The van der Waals surface area contributed by atoms with E-state index in [0.717, 1.165) is 36.2 Å². The minimum Gasteiger partial charge on any atom is -0.497 e. The number of fused-ring (bicyclic) bond motifs is 1. The fourth-order valence-corrected chi connectivity index (χ4v) is 4.11. The maximum absolute atomic E-state index is 13.4. The van der Waals surface area contributed by atoms with Gasteiger partial charge in [-0.3, -0.25) is 9.69 Å². The van der Waals surface area contributed by atoms with Crippen LogP contribution in [0.1, 0.15) is 48.5 Å². The molecule has 1 N–H and O–H groups in total. The summed E-state index contributed by atoms with van der Waals surface area (Å²) < 4.78 is 10.8. The number of H-pyrrole nitrogens is 1. The largest absolute Gasteiger partial charge is 0.497 e. The maximum atomic E-state index is 13.4. The van der Waals surface area contributed by atoms with Crippen molar-refractivity contribution in [1.82, 2.24) is 24.9 Å². The number of benzene rings is 1. The number of carbonyl (C=O) groups is 1. The molecule has 0 radical (unpaired) electrons. The molecule has 8 heteroatoms. The van der Waals surface area contributed by atoms with Gasteiger partial charge in [-0.05, 0) is 37.5 Å². The first-order valence-corrected chi connectivity index (χ1v) is 10.4. The lowest BCUT2D eigenvalue weighted by Gasteiger charge is -2.30. The summed E-state index contributed by atoms with van der Waals surface area (Å²) in [4.78, 5) is 25.4. The Morgan fingerprint density at radius 3 is 2.87 bits per heavy atom. The number of aryl methyl sites for hydroxylation is 1. The first-order chi connectivity index (χ1) is 14.4. The van der Waals surface area contributed by atoms with Crippen molar-refractivity contribution in [3.63, 3.8) is 0 Å². The van der Waals surface area contributed by atoms with Crippen molar-refractivity contribution < 1.29 is 14.1 Å². The van der Waals surface area contributed by atoms with Gasteiger partial charge >= 0.3 is 0 Å². The standard InChI is InChI=1S/C22H29N5O3/c1-14(2)12-26-8-5-9-27(13-20(26)21-23-15(3)25-30-21)22(28)19-10-16-6-7-17(29-4)11-18(16)24-19/h6-7,10-11,14,20,24H,5,8-9,12-13H2,1-4H3. The van der Waals surface area contributed by atoms with Crippen molar-refractivity contribution in [2.75, 3.05) is 33.3 Å². The molecule has 1 fully saturated rings. The Bertz CT molecular complexity index is 1020. The summed E-state index contributed by atoms with van der Waals surface area (Å²) in [7, 11) is 1.63. The molecule has 2 aromatic heterocycles. The molecule has 3 heterocycles. The minimum absolute atomic E-state index is 0.0159. The molecular formula is C22H29N5O3. The van der Waals surface area contributed by atoms with E-state index in [-0.39, 0.29) is 11.9 Å². The van der Waals surface area contributed by atoms with Crippen LogP contribution in [-0.2, 0) is 0 Å². The number of rotatable bonds is 5. The summed E-state index contributed by atoms with van der Waals surface area (Å²) in [6.07, 6.45) is 0.899. The highest BCUT2D eigenvalue weighted by Gasteiger charge is 2.33. The van der Waals surface area contributed by atoms with Crippen LogP contribution in [0.25, 0.3) is 10.9 Å². The molecule has 1 atom stereocenters. The van der Waals surface area contributed by atoms with Gasteiger partial charge in [-0.2, -0.15) is 4.98 Å². The van der Waals surface area contributed by atoms with Crippen molar-refractivity contribution in [2.45, 2.75) is 33.2 Å². The van der Waals surface area contributed by atoms with Crippen LogP contribution in [0.5, 0.6) is 5.75 Å². The number of nitrogens with zero attached hydrogens (tertiary/aromatic N) is 4. The minimum atomic E-state index is -0.107. The van der Waals surface area contributed by atoms with Crippen molar-refractivity contribution in [3.05, 3.63) is 41.7 Å². The monoisotopic (exact) mass is 411 g/mol. The summed E-state index contributed by atoms with van der Waals surface area (Å²) in [5.41, 5.74) is 1.47. The fourth-order valence-electron chi connectivity index (χ4n) is 4.11. The second-order valence-electron chi connectivity index (χ2n) is 8.33. The van der Waals surface area contributed by atoms with E-state index < -0.39 is 0 Å². The number of hydrogen-bond donors (Lipinski definition) is 1. The average molecular weight is 412 g/mol. The molecular weight excluding hydrogens is 382 g/mol. The van der Waals surface area contributed by atoms with Crippen LogP contribution in [0, 0.1) is 12.8 Å². The van der Waals surface area contributed by atoms with Gasteiger partial charge in [0.2, 0.25) is 5.89 Å².